The summed E-state index contributed by atoms with van der Waals surface area (Å²) in [7, 11) is 0. The molecule has 0 bridgehead atoms. The molecule has 1 heterocycles. The van der Waals surface area contributed by atoms with Crippen molar-refractivity contribution >= 4 is 23.8 Å². The van der Waals surface area contributed by atoms with Crippen LogP contribution in [0.3, 0.4) is 0 Å². The molecule has 0 amide bonds. The smallest absolute Gasteiger partial charge is 0.307 e. The average molecular weight is 391 g/mol. The standard InChI is InChI=1S/C20H20ClFN2O3/c21-19-11-16(22)5-6-18(19)17-4-2-1-3-14(17)12-23-27-10-9-24-8-7-15(13-24)20(25)26/h1-6,11-12,15H,7-10,13H2,(H,25,26)/b23-12+. The predicted molar refractivity (Wildman–Crippen MR) is 103 cm³/mol. The van der Waals surface area contributed by atoms with Gasteiger partial charge < -0.3 is 9.94 Å². The molecule has 1 unspecified atom stereocenters. The van der Waals surface area contributed by atoms with E-state index in [1.807, 2.05) is 24.3 Å². The van der Waals surface area contributed by atoms with Crippen LogP contribution in [0, 0.1) is 11.7 Å². The molecule has 7 heteroatoms. The molecular weight excluding hydrogens is 371 g/mol. The molecule has 2 aromatic rings. The maximum atomic E-state index is 13.3. The van der Waals surface area contributed by atoms with Crippen molar-refractivity contribution < 1.29 is 19.1 Å². The number of benzene rings is 2. The van der Waals surface area contributed by atoms with Crippen molar-refractivity contribution in [2.24, 2.45) is 11.1 Å². The second-order valence-electron chi connectivity index (χ2n) is 6.40. The molecule has 1 fully saturated rings. The monoisotopic (exact) mass is 390 g/mol. The second kappa shape index (κ2) is 8.97. The molecule has 0 aliphatic carbocycles. The van der Waals surface area contributed by atoms with Crippen LogP contribution in [-0.4, -0.2) is 48.4 Å². The highest BCUT2D eigenvalue weighted by molar-refractivity contribution is 6.33. The van der Waals surface area contributed by atoms with Gasteiger partial charge in [0.1, 0.15) is 12.4 Å². The first-order valence-corrected chi connectivity index (χ1v) is 9.07. The van der Waals surface area contributed by atoms with E-state index >= 15 is 0 Å². The lowest BCUT2D eigenvalue weighted by molar-refractivity contribution is -0.141. The summed E-state index contributed by atoms with van der Waals surface area (Å²) in [6.07, 6.45) is 2.27. The minimum Gasteiger partial charge on any atom is -0.481 e. The van der Waals surface area contributed by atoms with Crippen molar-refractivity contribution in [2.75, 3.05) is 26.2 Å². The molecule has 1 aliphatic rings. The summed E-state index contributed by atoms with van der Waals surface area (Å²) >= 11 is 6.16. The number of aliphatic carboxylic acids is 1. The minimum atomic E-state index is -0.743. The third kappa shape index (κ3) is 5.05. The largest absolute Gasteiger partial charge is 0.481 e. The van der Waals surface area contributed by atoms with Crippen LogP contribution in [0.1, 0.15) is 12.0 Å². The van der Waals surface area contributed by atoms with Gasteiger partial charge >= 0.3 is 5.97 Å². The Morgan fingerprint density at radius 1 is 1.33 bits per heavy atom. The lowest BCUT2D eigenvalue weighted by atomic mass is 10.0. The maximum Gasteiger partial charge on any atom is 0.307 e. The SMILES string of the molecule is O=C(O)C1CCN(CCO/N=C/c2ccccc2-c2ccc(F)cc2Cl)C1. The van der Waals surface area contributed by atoms with E-state index in [0.717, 1.165) is 23.2 Å². The number of carboxylic acids is 1. The molecule has 27 heavy (non-hydrogen) atoms. The van der Waals surface area contributed by atoms with E-state index in [1.54, 1.807) is 12.3 Å². The van der Waals surface area contributed by atoms with Gasteiger partial charge in [-0.05, 0) is 36.7 Å². The summed E-state index contributed by atoms with van der Waals surface area (Å²) in [5.74, 6) is -1.42. The van der Waals surface area contributed by atoms with Crippen LogP contribution in [0.25, 0.3) is 11.1 Å². The van der Waals surface area contributed by atoms with E-state index in [9.17, 15) is 9.18 Å². The highest BCUT2D eigenvalue weighted by Crippen LogP contribution is 2.30. The molecule has 1 N–H and O–H groups in total. The molecule has 1 aliphatic heterocycles. The van der Waals surface area contributed by atoms with Gasteiger partial charge in [0.2, 0.25) is 0 Å². The van der Waals surface area contributed by atoms with Crippen molar-refractivity contribution in [3.8, 4) is 11.1 Å². The third-order valence-corrected chi connectivity index (χ3v) is 4.88. The van der Waals surface area contributed by atoms with Crippen LogP contribution in [0.2, 0.25) is 5.02 Å². The number of hydrogen-bond donors (Lipinski definition) is 1. The predicted octanol–water partition coefficient (Wildman–Crippen LogP) is 3.90. The highest BCUT2D eigenvalue weighted by atomic mass is 35.5. The number of carbonyl (C=O) groups is 1. The molecule has 5 nitrogen and oxygen atoms in total. The summed E-state index contributed by atoms with van der Waals surface area (Å²) in [4.78, 5) is 18.3. The number of oxime groups is 1. The average Bonchev–Trinajstić information content (AvgIpc) is 3.11. The third-order valence-electron chi connectivity index (χ3n) is 4.57. The van der Waals surface area contributed by atoms with Gasteiger partial charge in [0.05, 0.1) is 17.2 Å². The Morgan fingerprint density at radius 2 is 2.15 bits per heavy atom. The Labute approximate surface area is 162 Å². The van der Waals surface area contributed by atoms with Crippen molar-refractivity contribution in [3.05, 3.63) is 58.9 Å². The number of likely N-dealkylation sites (tertiary alicyclic amines) is 1. The quantitative estimate of drug-likeness (QED) is 0.442. The maximum absolute atomic E-state index is 13.3. The van der Waals surface area contributed by atoms with E-state index < -0.39 is 5.97 Å². The molecule has 1 saturated heterocycles. The summed E-state index contributed by atoms with van der Waals surface area (Å²) < 4.78 is 13.3. The zero-order valence-corrected chi connectivity index (χ0v) is 15.4. The van der Waals surface area contributed by atoms with Crippen LogP contribution in [0.4, 0.5) is 4.39 Å². The minimum absolute atomic E-state index is 0.291. The fourth-order valence-corrected chi connectivity index (χ4v) is 3.39. The fourth-order valence-electron chi connectivity index (χ4n) is 3.12. The molecule has 0 aromatic heterocycles. The Balaban J connectivity index is 1.57. The van der Waals surface area contributed by atoms with Gasteiger partial charge in [-0.15, -0.1) is 0 Å². The molecule has 3 rings (SSSR count). The van der Waals surface area contributed by atoms with Gasteiger partial charge in [0.25, 0.3) is 0 Å². The first kappa shape index (κ1) is 19.3. The number of carboxylic acid groups (broad SMARTS) is 1. The number of nitrogens with zero attached hydrogens (tertiary/aromatic N) is 2. The summed E-state index contributed by atoms with van der Waals surface area (Å²) in [6, 6.07) is 11.8. The number of hydrogen-bond acceptors (Lipinski definition) is 4. The number of halogens is 2. The number of rotatable bonds is 7. The molecule has 142 valence electrons. The topological polar surface area (TPSA) is 62.1 Å². The summed E-state index contributed by atoms with van der Waals surface area (Å²) in [5, 5.41) is 13.3. The normalized spacial score (nSPS) is 17.5. The van der Waals surface area contributed by atoms with E-state index in [0.29, 0.717) is 31.1 Å². The Kier molecular flexibility index (Phi) is 6.42. The van der Waals surface area contributed by atoms with Crippen molar-refractivity contribution in [2.45, 2.75) is 6.42 Å². The first-order valence-electron chi connectivity index (χ1n) is 8.69. The van der Waals surface area contributed by atoms with E-state index in [1.165, 1.54) is 12.1 Å². The Hall–Kier alpha value is -2.44. The van der Waals surface area contributed by atoms with E-state index in [2.05, 4.69) is 10.1 Å². The highest BCUT2D eigenvalue weighted by Gasteiger charge is 2.27. The van der Waals surface area contributed by atoms with Crippen LogP contribution >= 0.6 is 11.6 Å². The van der Waals surface area contributed by atoms with Crippen LogP contribution in [0.15, 0.2) is 47.6 Å². The zero-order chi connectivity index (χ0) is 19.2. The van der Waals surface area contributed by atoms with Gasteiger partial charge in [-0.25, -0.2) is 4.39 Å². The van der Waals surface area contributed by atoms with E-state index in [-0.39, 0.29) is 11.7 Å². The van der Waals surface area contributed by atoms with Gasteiger partial charge in [0.15, 0.2) is 0 Å². The van der Waals surface area contributed by atoms with Crippen molar-refractivity contribution in [3.63, 3.8) is 0 Å². The zero-order valence-electron chi connectivity index (χ0n) is 14.6. The summed E-state index contributed by atoms with van der Waals surface area (Å²) in [5.41, 5.74) is 2.36. The molecule has 1 atom stereocenters. The lowest BCUT2D eigenvalue weighted by Crippen LogP contribution is -2.26. The molecule has 2 aromatic carbocycles. The van der Waals surface area contributed by atoms with Gasteiger partial charge in [0, 0.05) is 24.2 Å². The second-order valence-corrected chi connectivity index (χ2v) is 6.81. The fraction of sp³-hybridized carbons (Fsp3) is 0.300. The molecular formula is C20H20ClFN2O3. The molecule has 0 radical (unpaired) electrons. The lowest BCUT2D eigenvalue weighted by Gasteiger charge is -2.13. The van der Waals surface area contributed by atoms with Crippen molar-refractivity contribution in [1.82, 2.24) is 4.90 Å². The van der Waals surface area contributed by atoms with Crippen molar-refractivity contribution in [1.29, 1.82) is 0 Å². The van der Waals surface area contributed by atoms with Gasteiger partial charge in [-0.1, -0.05) is 41.0 Å². The van der Waals surface area contributed by atoms with Crippen LogP contribution in [-0.2, 0) is 9.63 Å². The molecule has 0 saturated carbocycles. The van der Waals surface area contributed by atoms with Gasteiger partial charge in [-0.2, -0.15) is 0 Å². The van der Waals surface area contributed by atoms with Gasteiger partial charge in [-0.3, -0.25) is 9.69 Å². The Bertz CT molecular complexity index is 844. The van der Waals surface area contributed by atoms with Crippen LogP contribution < -0.4 is 0 Å². The Morgan fingerprint density at radius 3 is 2.89 bits per heavy atom. The molecule has 0 spiro atoms. The van der Waals surface area contributed by atoms with E-state index in [4.69, 9.17) is 21.5 Å². The first-order chi connectivity index (χ1) is 13.0. The summed E-state index contributed by atoms with van der Waals surface area (Å²) in [6.45, 7) is 2.32. The van der Waals surface area contributed by atoms with Crippen LogP contribution in [0.5, 0.6) is 0 Å².